The highest BCUT2D eigenvalue weighted by Crippen LogP contribution is 2.27. The average molecular weight is 367 g/mol. The molecule has 4 heteroatoms. The van der Waals surface area contributed by atoms with Gasteiger partial charge in [0.05, 0.1) is 0 Å². The van der Waals surface area contributed by atoms with Crippen molar-refractivity contribution in [1.29, 1.82) is 0 Å². The summed E-state index contributed by atoms with van der Waals surface area (Å²) in [5.74, 6) is 3.32. The van der Waals surface area contributed by atoms with Crippen molar-refractivity contribution in [3.05, 3.63) is 83.3 Å². The van der Waals surface area contributed by atoms with Crippen LogP contribution in [0.15, 0.2) is 60.8 Å². The van der Waals surface area contributed by atoms with Crippen LogP contribution in [0.2, 0.25) is 0 Å². The Morgan fingerprint density at radius 3 is 2.46 bits per heavy atom. The van der Waals surface area contributed by atoms with Crippen LogP contribution in [0, 0.1) is 12.7 Å². The van der Waals surface area contributed by atoms with Crippen LogP contribution in [-0.4, -0.2) is 29.2 Å². The number of thioether (sulfide) groups is 1. The predicted molar refractivity (Wildman–Crippen MR) is 109 cm³/mol. The average Bonchev–Trinajstić information content (AvgIpc) is 3.07. The summed E-state index contributed by atoms with van der Waals surface area (Å²) in [4.78, 5) is 2.44. The molecule has 1 aromatic heterocycles. The second kappa shape index (κ2) is 7.58. The largest absolute Gasteiger partial charge is 0.356 e. The van der Waals surface area contributed by atoms with Gasteiger partial charge in [-0.2, -0.15) is 11.8 Å². The monoisotopic (exact) mass is 366 g/mol. The van der Waals surface area contributed by atoms with Gasteiger partial charge < -0.3 is 9.47 Å². The van der Waals surface area contributed by atoms with Crippen LogP contribution in [0.5, 0.6) is 0 Å². The van der Waals surface area contributed by atoms with E-state index in [2.05, 4.69) is 52.9 Å². The summed E-state index contributed by atoms with van der Waals surface area (Å²) in [6.45, 7) is 4.24. The zero-order valence-corrected chi connectivity index (χ0v) is 15.8. The molecular weight excluding hydrogens is 343 g/mol. The lowest BCUT2D eigenvalue weighted by Gasteiger charge is -2.29. The number of nitrogens with zero attached hydrogens (tertiary/aromatic N) is 2. The molecule has 4 rings (SSSR count). The fourth-order valence-electron chi connectivity index (χ4n) is 3.50. The molecule has 1 aliphatic rings. The van der Waals surface area contributed by atoms with Crippen LogP contribution < -0.4 is 4.90 Å². The van der Waals surface area contributed by atoms with Crippen LogP contribution >= 0.6 is 11.8 Å². The Morgan fingerprint density at radius 1 is 0.962 bits per heavy atom. The van der Waals surface area contributed by atoms with E-state index in [9.17, 15) is 4.39 Å². The molecule has 1 saturated heterocycles. The molecule has 0 bridgehead atoms. The fraction of sp³-hybridized carbons (Fsp3) is 0.273. The van der Waals surface area contributed by atoms with Crippen molar-refractivity contribution in [2.75, 3.05) is 29.5 Å². The van der Waals surface area contributed by atoms with E-state index in [4.69, 9.17) is 0 Å². The van der Waals surface area contributed by atoms with Crippen molar-refractivity contribution in [1.82, 2.24) is 4.57 Å². The van der Waals surface area contributed by atoms with Gasteiger partial charge in [-0.05, 0) is 54.8 Å². The second-order valence-electron chi connectivity index (χ2n) is 6.82. The maximum absolute atomic E-state index is 13.4. The fourth-order valence-corrected chi connectivity index (χ4v) is 4.41. The Kier molecular flexibility index (Phi) is 5.02. The van der Waals surface area contributed by atoms with Crippen LogP contribution in [0.25, 0.3) is 5.69 Å². The van der Waals surface area contributed by atoms with Gasteiger partial charge in [-0.3, -0.25) is 0 Å². The van der Waals surface area contributed by atoms with Gasteiger partial charge in [0.1, 0.15) is 11.6 Å². The van der Waals surface area contributed by atoms with Gasteiger partial charge in [-0.25, -0.2) is 4.39 Å². The van der Waals surface area contributed by atoms with Crippen molar-refractivity contribution in [3.63, 3.8) is 0 Å². The molecular formula is C22H23FN2S. The van der Waals surface area contributed by atoms with Crippen molar-refractivity contribution in [2.24, 2.45) is 0 Å². The van der Waals surface area contributed by atoms with Crippen LogP contribution in [0.1, 0.15) is 16.7 Å². The third kappa shape index (κ3) is 3.80. The summed E-state index contributed by atoms with van der Waals surface area (Å²) in [6.07, 6.45) is 3.11. The lowest BCUT2D eigenvalue weighted by atomic mass is 10.1. The molecule has 0 amide bonds. The number of aryl methyl sites for hydroxylation is 1. The third-order valence-corrected chi connectivity index (χ3v) is 5.73. The Bertz CT molecular complexity index is 879. The summed E-state index contributed by atoms with van der Waals surface area (Å²) >= 11 is 2.01. The van der Waals surface area contributed by atoms with Gasteiger partial charge in [0.15, 0.2) is 0 Å². The summed E-state index contributed by atoms with van der Waals surface area (Å²) in [7, 11) is 0. The van der Waals surface area contributed by atoms with Gasteiger partial charge in [-0.15, -0.1) is 0 Å². The highest BCUT2D eigenvalue weighted by molar-refractivity contribution is 7.99. The molecule has 3 aromatic rings. The first kappa shape index (κ1) is 17.2. The molecule has 0 spiro atoms. The molecule has 26 heavy (non-hydrogen) atoms. The Balaban J connectivity index is 1.70. The van der Waals surface area contributed by atoms with Crippen LogP contribution in [0.3, 0.4) is 0 Å². The van der Waals surface area contributed by atoms with Crippen molar-refractivity contribution in [3.8, 4) is 5.69 Å². The number of halogens is 1. The minimum atomic E-state index is -0.197. The zero-order valence-electron chi connectivity index (χ0n) is 15.0. The molecule has 1 aliphatic heterocycles. The highest BCUT2D eigenvalue weighted by Gasteiger charge is 2.17. The van der Waals surface area contributed by atoms with E-state index in [-0.39, 0.29) is 5.82 Å². The van der Waals surface area contributed by atoms with E-state index in [1.165, 1.54) is 34.6 Å². The minimum Gasteiger partial charge on any atom is -0.356 e. The normalized spacial score (nSPS) is 14.6. The molecule has 1 fully saturated rings. The first-order chi connectivity index (χ1) is 12.7. The van der Waals surface area contributed by atoms with Gasteiger partial charge in [-0.1, -0.05) is 29.8 Å². The van der Waals surface area contributed by atoms with Gasteiger partial charge >= 0.3 is 0 Å². The van der Waals surface area contributed by atoms with Gasteiger partial charge in [0.25, 0.3) is 0 Å². The summed E-state index contributed by atoms with van der Waals surface area (Å²) in [5.41, 5.74) is 4.90. The van der Waals surface area contributed by atoms with Gasteiger partial charge in [0.2, 0.25) is 0 Å². The SMILES string of the molecule is Cc1cccc(Cc2cc(N3CCSCC3)n(-c3ccc(F)cc3)c2)c1. The Morgan fingerprint density at radius 2 is 1.73 bits per heavy atom. The molecule has 0 unspecified atom stereocenters. The quantitative estimate of drug-likeness (QED) is 0.637. The Labute approximate surface area is 158 Å². The molecule has 2 heterocycles. The zero-order chi connectivity index (χ0) is 17.9. The van der Waals surface area contributed by atoms with Crippen molar-refractivity contribution >= 4 is 17.6 Å². The third-order valence-electron chi connectivity index (χ3n) is 4.79. The Hall–Kier alpha value is -2.20. The molecule has 0 aliphatic carbocycles. The van der Waals surface area contributed by atoms with E-state index >= 15 is 0 Å². The second-order valence-corrected chi connectivity index (χ2v) is 8.04. The molecule has 0 N–H and O–H groups in total. The van der Waals surface area contributed by atoms with Crippen molar-refractivity contribution < 1.29 is 4.39 Å². The van der Waals surface area contributed by atoms with Gasteiger partial charge in [0, 0.05) is 36.5 Å². The summed E-state index contributed by atoms with van der Waals surface area (Å²) < 4.78 is 15.6. The van der Waals surface area contributed by atoms with E-state index in [1.807, 2.05) is 23.9 Å². The summed E-state index contributed by atoms with van der Waals surface area (Å²) in [5, 5.41) is 0. The maximum Gasteiger partial charge on any atom is 0.123 e. The topological polar surface area (TPSA) is 8.17 Å². The molecule has 0 radical (unpaired) electrons. The first-order valence-electron chi connectivity index (χ1n) is 9.04. The molecule has 2 aromatic carbocycles. The molecule has 2 nitrogen and oxygen atoms in total. The number of rotatable bonds is 4. The molecule has 0 saturated carbocycles. The standard InChI is InChI=1S/C22H23FN2S/c1-17-3-2-4-18(13-17)14-19-15-22(24-9-11-26-12-10-24)25(16-19)21-7-5-20(23)6-8-21/h2-8,13,15-16H,9-12,14H2,1H3. The van der Waals surface area contributed by atoms with Crippen LogP contribution in [0.4, 0.5) is 10.2 Å². The highest BCUT2D eigenvalue weighted by atomic mass is 32.2. The lowest BCUT2D eigenvalue weighted by Crippen LogP contribution is -2.33. The summed E-state index contributed by atoms with van der Waals surface area (Å²) in [6, 6.07) is 17.7. The number of benzene rings is 2. The maximum atomic E-state index is 13.4. The number of anilines is 1. The van der Waals surface area contributed by atoms with Crippen molar-refractivity contribution in [2.45, 2.75) is 13.3 Å². The smallest absolute Gasteiger partial charge is 0.123 e. The first-order valence-corrected chi connectivity index (χ1v) is 10.2. The van der Waals surface area contributed by atoms with E-state index in [1.54, 1.807) is 0 Å². The van der Waals surface area contributed by atoms with E-state index < -0.39 is 0 Å². The number of aromatic nitrogens is 1. The lowest BCUT2D eigenvalue weighted by molar-refractivity contribution is 0.627. The van der Waals surface area contributed by atoms with Crippen LogP contribution in [-0.2, 0) is 6.42 Å². The number of hydrogen-bond acceptors (Lipinski definition) is 2. The van der Waals surface area contributed by atoms with E-state index in [0.717, 1.165) is 36.7 Å². The number of hydrogen-bond donors (Lipinski definition) is 0. The minimum absolute atomic E-state index is 0.197. The molecule has 0 atom stereocenters. The van der Waals surface area contributed by atoms with E-state index in [0.29, 0.717) is 0 Å². The molecule has 134 valence electrons. The predicted octanol–water partition coefficient (Wildman–Crippen LogP) is 5.07.